The summed E-state index contributed by atoms with van der Waals surface area (Å²) in [7, 11) is 0. The number of carbonyl (C=O) groups excluding carboxylic acids is 1. The van der Waals surface area contributed by atoms with Crippen molar-refractivity contribution in [3.63, 3.8) is 0 Å². The van der Waals surface area contributed by atoms with E-state index in [-0.39, 0.29) is 11.3 Å². The van der Waals surface area contributed by atoms with Gasteiger partial charge in [0.1, 0.15) is 0 Å². The van der Waals surface area contributed by atoms with Crippen LogP contribution >= 0.6 is 0 Å². The van der Waals surface area contributed by atoms with Gasteiger partial charge in [-0.25, -0.2) is 0 Å². The molecule has 2 fully saturated rings. The fraction of sp³-hybridized carbons (Fsp3) is 0.424. The zero-order chi connectivity index (χ0) is 25.5. The molecule has 0 saturated carbocycles. The average Bonchev–Trinajstić information content (AvgIpc) is 3.32. The molecule has 0 aliphatic carbocycles. The van der Waals surface area contributed by atoms with Gasteiger partial charge in [0.2, 0.25) is 5.91 Å². The molecule has 37 heavy (non-hydrogen) atoms. The highest BCUT2D eigenvalue weighted by Gasteiger charge is 2.50. The van der Waals surface area contributed by atoms with Crippen LogP contribution in [0.2, 0.25) is 0 Å². The molecule has 3 aromatic rings. The molecule has 4 nitrogen and oxygen atoms in total. The van der Waals surface area contributed by atoms with Crippen LogP contribution in [0, 0.1) is 11.3 Å². The molecule has 0 N–H and O–H groups in total. The summed E-state index contributed by atoms with van der Waals surface area (Å²) in [5.74, 6) is 0.843. The van der Waals surface area contributed by atoms with Gasteiger partial charge in [-0.1, -0.05) is 85.8 Å². The molecule has 2 saturated heterocycles. The van der Waals surface area contributed by atoms with Crippen molar-refractivity contribution in [3.05, 3.63) is 102 Å². The van der Waals surface area contributed by atoms with E-state index in [0.717, 1.165) is 64.3 Å². The highest BCUT2D eigenvalue weighted by molar-refractivity contribution is 5.93. The lowest BCUT2D eigenvalue weighted by atomic mass is 9.72. The Balaban J connectivity index is 1.35. The van der Waals surface area contributed by atoms with Gasteiger partial charge in [0.25, 0.3) is 0 Å². The summed E-state index contributed by atoms with van der Waals surface area (Å²) >= 11 is 0. The quantitative estimate of drug-likeness (QED) is 0.370. The van der Waals surface area contributed by atoms with E-state index in [9.17, 15) is 4.79 Å². The van der Waals surface area contributed by atoms with Gasteiger partial charge in [-0.15, -0.1) is 0 Å². The molecule has 1 amide bonds. The second-order valence-electron chi connectivity index (χ2n) is 11.0. The van der Waals surface area contributed by atoms with Crippen molar-refractivity contribution >= 4 is 11.6 Å². The van der Waals surface area contributed by atoms with Gasteiger partial charge in [0, 0.05) is 56.8 Å². The van der Waals surface area contributed by atoms with E-state index in [0.29, 0.717) is 12.3 Å². The maximum absolute atomic E-state index is 13.3. The van der Waals surface area contributed by atoms with Crippen molar-refractivity contribution in [2.75, 3.05) is 50.7 Å². The number of likely N-dealkylation sites (tertiary alicyclic amines) is 2. The molecule has 2 heterocycles. The van der Waals surface area contributed by atoms with Crippen LogP contribution in [0.1, 0.15) is 30.9 Å². The van der Waals surface area contributed by atoms with Crippen LogP contribution in [-0.4, -0.2) is 61.5 Å². The zero-order valence-electron chi connectivity index (χ0n) is 22.3. The maximum Gasteiger partial charge on any atom is 0.226 e. The van der Waals surface area contributed by atoms with Crippen LogP contribution in [0.25, 0.3) is 0 Å². The van der Waals surface area contributed by atoms with Crippen LogP contribution in [-0.2, 0) is 17.6 Å². The Hall–Kier alpha value is -2.95. The smallest absolute Gasteiger partial charge is 0.226 e. The summed E-state index contributed by atoms with van der Waals surface area (Å²) in [6.45, 7) is 9.37. The first kappa shape index (κ1) is 25.7. The number of rotatable bonds is 10. The van der Waals surface area contributed by atoms with E-state index in [4.69, 9.17) is 0 Å². The number of benzene rings is 3. The standard InChI is InChI=1S/C33H41N3O/c1-2-32(37)36(31-16-10-5-11-17-31)27-33-25-34(21-18-28-12-6-3-7-13-28)23-20-30(33)24-35(26-33)22-19-29-14-8-4-9-15-29/h3-17,30H,2,18-27H2,1H3/t30?,33-/m1/s1. The van der Waals surface area contributed by atoms with Crippen molar-refractivity contribution in [2.24, 2.45) is 11.3 Å². The second kappa shape index (κ2) is 12.1. The normalized spacial score (nSPS) is 22.0. The van der Waals surface area contributed by atoms with Gasteiger partial charge in [0.15, 0.2) is 0 Å². The molecule has 2 aliphatic rings. The van der Waals surface area contributed by atoms with E-state index >= 15 is 0 Å². The number of hydrogen-bond acceptors (Lipinski definition) is 3. The van der Waals surface area contributed by atoms with E-state index < -0.39 is 0 Å². The lowest BCUT2D eigenvalue weighted by Crippen LogP contribution is -2.55. The predicted molar refractivity (Wildman–Crippen MR) is 153 cm³/mol. The van der Waals surface area contributed by atoms with Crippen LogP contribution in [0.15, 0.2) is 91.0 Å². The molecule has 0 spiro atoms. The first-order valence-corrected chi connectivity index (χ1v) is 14.0. The van der Waals surface area contributed by atoms with Crippen molar-refractivity contribution in [1.82, 2.24) is 9.80 Å². The third-order valence-electron chi connectivity index (χ3n) is 8.48. The molecular formula is C33H41N3O. The molecule has 194 valence electrons. The summed E-state index contributed by atoms with van der Waals surface area (Å²) in [6, 6.07) is 32.0. The fourth-order valence-corrected chi connectivity index (χ4v) is 6.47. The largest absolute Gasteiger partial charge is 0.312 e. The number of amides is 1. The van der Waals surface area contributed by atoms with Gasteiger partial charge in [0.05, 0.1) is 0 Å². The SMILES string of the molecule is CCC(=O)N(C[C@]12CN(CCc3ccccc3)CCC1CN(CCc1ccccc1)C2)c1ccccc1. The summed E-state index contributed by atoms with van der Waals surface area (Å²) in [5, 5.41) is 0. The van der Waals surface area contributed by atoms with Crippen molar-refractivity contribution < 1.29 is 4.79 Å². The Morgan fingerprint density at radius 2 is 1.35 bits per heavy atom. The highest BCUT2D eigenvalue weighted by Crippen LogP contribution is 2.43. The molecular weight excluding hydrogens is 454 g/mol. The third kappa shape index (κ3) is 6.31. The van der Waals surface area contributed by atoms with Gasteiger partial charge in [-0.3, -0.25) is 4.79 Å². The molecule has 1 unspecified atom stereocenters. The molecule has 0 bridgehead atoms. The van der Waals surface area contributed by atoms with Gasteiger partial charge in [-0.05, 0) is 55.0 Å². The van der Waals surface area contributed by atoms with Crippen LogP contribution in [0.3, 0.4) is 0 Å². The molecule has 5 rings (SSSR count). The molecule has 4 heteroatoms. The minimum atomic E-state index is 0.0896. The van der Waals surface area contributed by atoms with Gasteiger partial charge >= 0.3 is 0 Å². The Morgan fingerprint density at radius 1 is 0.811 bits per heavy atom. The number of piperidine rings is 1. The van der Waals surface area contributed by atoms with Crippen molar-refractivity contribution in [1.29, 1.82) is 0 Å². The monoisotopic (exact) mass is 495 g/mol. The predicted octanol–water partition coefficient (Wildman–Crippen LogP) is 5.54. The molecule has 0 aromatic heterocycles. The van der Waals surface area contributed by atoms with Crippen molar-refractivity contribution in [3.8, 4) is 0 Å². The minimum Gasteiger partial charge on any atom is -0.312 e. The van der Waals surface area contributed by atoms with Crippen molar-refractivity contribution in [2.45, 2.75) is 32.6 Å². The maximum atomic E-state index is 13.3. The summed E-state index contributed by atoms with van der Waals surface area (Å²) in [4.78, 5) is 20.7. The van der Waals surface area contributed by atoms with Crippen LogP contribution in [0.4, 0.5) is 5.69 Å². The number of nitrogens with zero attached hydrogens (tertiary/aromatic N) is 3. The average molecular weight is 496 g/mol. The number of fused-ring (bicyclic) bond motifs is 1. The summed E-state index contributed by atoms with van der Waals surface area (Å²) < 4.78 is 0. The van der Waals surface area contributed by atoms with Gasteiger partial charge < -0.3 is 14.7 Å². The van der Waals surface area contributed by atoms with E-state index in [1.807, 2.05) is 25.1 Å². The third-order valence-corrected chi connectivity index (χ3v) is 8.48. The molecule has 3 aromatic carbocycles. The summed E-state index contributed by atoms with van der Waals surface area (Å²) in [6.07, 6.45) is 3.90. The first-order valence-electron chi connectivity index (χ1n) is 14.0. The first-order chi connectivity index (χ1) is 18.1. The number of carbonyl (C=O) groups is 1. The topological polar surface area (TPSA) is 26.8 Å². The zero-order valence-corrected chi connectivity index (χ0v) is 22.3. The molecule has 2 atom stereocenters. The Labute approximate surface area is 222 Å². The number of hydrogen-bond donors (Lipinski definition) is 0. The number of para-hydroxylation sites is 1. The minimum absolute atomic E-state index is 0.0896. The van der Waals surface area contributed by atoms with Gasteiger partial charge in [-0.2, -0.15) is 0 Å². The highest BCUT2D eigenvalue weighted by atomic mass is 16.2. The summed E-state index contributed by atoms with van der Waals surface area (Å²) in [5.41, 5.74) is 3.93. The lowest BCUT2D eigenvalue weighted by molar-refractivity contribution is -0.118. The molecule has 2 aliphatic heterocycles. The Bertz CT molecular complexity index is 1080. The Kier molecular flexibility index (Phi) is 8.38. The molecule has 0 radical (unpaired) electrons. The fourth-order valence-electron chi connectivity index (χ4n) is 6.47. The van der Waals surface area contributed by atoms with Crippen LogP contribution < -0.4 is 4.90 Å². The van der Waals surface area contributed by atoms with E-state index in [2.05, 4.69) is 87.5 Å². The van der Waals surface area contributed by atoms with E-state index in [1.54, 1.807) is 0 Å². The number of anilines is 1. The lowest BCUT2D eigenvalue weighted by Gasteiger charge is -2.46. The second-order valence-corrected chi connectivity index (χ2v) is 11.0. The van der Waals surface area contributed by atoms with E-state index in [1.165, 1.54) is 17.5 Å². The Morgan fingerprint density at radius 3 is 1.95 bits per heavy atom. The van der Waals surface area contributed by atoms with Crippen LogP contribution in [0.5, 0.6) is 0 Å².